The Morgan fingerprint density at radius 3 is 2.53 bits per heavy atom. The number of hydrogen-bond donors (Lipinski definition) is 1. The van der Waals surface area contributed by atoms with Crippen LogP contribution in [0.3, 0.4) is 0 Å². The maximum absolute atomic E-state index is 5.71. The molecular weight excluding hydrogens is 238 g/mol. The van der Waals surface area contributed by atoms with E-state index in [0.29, 0.717) is 17.6 Å². The lowest BCUT2D eigenvalue weighted by atomic mass is 9.75. The molecule has 0 aromatic rings. The highest BCUT2D eigenvalue weighted by Crippen LogP contribution is 2.37. The highest BCUT2D eigenvalue weighted by molar-refractivity contribution is 5.00. The van der Waals surface area contributed by atoms with E-state index in [1.54, 1.807) is 0 Å². The number of nitrogens with zero attached hydrogens (tertiary/aromatic N) is 2. The standard InChI is InChI=1S/C15H31N3O/c1-5-16-13-7-10-19-11-14(13)18(4)12-15(17(2)3)8-6-9-15/h13-14,16H,5-12H2,1-4H3. The van der Waals surface area contributed by atoms with Crippen LogP contribution in [0.5, 0.6) is 0 Å². The zero-order chi connectivity index (χ0) is 13.9. The zero-order valence-electron chi connectivity index (χ0n) is 13.1. The van der Waals surface area contributed by atoms with Crippen LogP contribution < -0.4 is 5.32 Å². The molecule has 112 valence electrons. The molecule has 1 N–H and O–H groups in total. The number of ether oxygens (including phenoxy) is 1. The minimum Gasteiger partial charge on any atom is -0.380 e. The van der Waals surface area contributed by atoms with Gasteiger partial charge < -0.3 is 15.0 Å². The molecule has 4 heteroatoms. The van der Waals surface area contributed by atoms with Crippen molar-refractivity contribution in [3.05, 3.63) is 0 Å². The molecule has 2 atom stereocenters. The number of rotatable bonds is 6. The molecule has 1 aliphatic heterocycles. The van der Waals surface area contributed by atoms with E-state index in [4.69, 9.17) is 4.74 Å². The third-order valence-electron chi connectivity index (χ3n) is 5.14. The van der Waals surface area contributed by atoms with E-state index in [1.165, 1.54) is 19.3 Å². The third kappa shape index (κ3) is 3.30. The fourth-order valence-electron chi connectivity index (χ4n) is 3.57. The van der Waals surface area contributed by atoms with Crippen LogP contribution in [-0.2, 0) is 4.74 Å². The van der Waals surface area contributed by atoms with E-state index in [1.807, 2.05) is 0 Å². The summed E-state index contributed by atoms with van der Waals surface area (Å²) < 4.78 is 5.71. The average Bonchev–Trinajstić information content (AvgIpc) is 2.34. The van der Waals surface area contributed by atoms with Gasteiger partial charge in [0.25, 0.3) is 0 Å². The minimum absolute atomic E-state index is 0.406. The Balaban J connectivity index is 1.95. The molecule has 0 aromatic carbocycles. The summed E-state index contributed by atoms with van der Waals surface area (Å²) in [6.07, 6.45) is 5.19. The summed E-state index contributed by atoms with van der Waals surface area (Å²) in [5.41, 5.74) is 0.406. The van der Waals surface area contributed by atoms with Crippen molar-refractivity contribution in [1.29, 1.82) is 0 Å². The van der Waals surface area contributed by atoms with Gasteiger partial charge in [-0.2, -0.15) is 0 Å². The van der Waals surface area contributed by atoms with Gasteiger partial charge in [0.15, 0.2) is 0 Å². The van der Waals surface area contributed by atoms with Crippen molar-refractivity contribution in [3.8, 4) is 0 Å². The summed E-state index contributed by atoms with van der Waals surface area (Å²) in [6, 6.07) is 1.11. The van der Waals surface area contributed by atoms with Gasteiger partial charge in [0.1, 0.15) is 0 Å². The molecule has 0 bridgehead atoms. The molecule has 4 nitrogen and oxygen atoms in total. The van der Waals surface area contributed by atoms with E-state index < -0.39 is 0 Å². The van der Waals surface area contributed by atoms with Crippen molar-refractivity contribution in [2.75, 3.05) is 47.4 Å². The average molecular weight is 269 g/mol. The highest BCUT2D eigenvalue weighted by Gasteiger charge is 2.42. The molecule has 0 spiro atoms. The van der Waals surface area contributed by atoms with Crippen molar-refractivity contribution >= 4 is 0 Å². The first-order chi connectivity index (χ1) is 9.09. The van der Waals surface area contributed by atoms with Crippen molar-refractivity contribution in [2.45, 2.75) is 50.2 Å². The first-order valence-corrected chi connectivity index (χ1v) is 7.78. The molecule has 1 saturated heterocycles. The van der Waals surface area contributed by atoms with Gasteiger partial charge in [-0.05, 0) is 53.4 Å². The van der Waals surface area contributed by atoms with Gasteiger partial charge in [-0.1, -0.05) is 6.92 Å². The normalized spacial score (nSPS) is 30.6. The topological polar surface area (TPSA) is 27.7 Å². The second-order valence-corrected chi connectivity index (χ2v) is 6.48. The molecule has 0 amide bonds. The molecule has 2 fully saturated rings. The summed E-state index contributed by atoms with van der Waals surface area (Å²) in [4.78, 5) is 4.96. The van der Waals surface area contributed by atoms with Crippen molar-refractivity contribution in [2.24, 2.45) is 0 Å². The smallest absolute Gasteiger partial charge is 0.0636 e. The zero-order valence-corrected chi connectivity index (χ0v) is 13.1. The summed E-state index contributed by atoms with van der Waals surface area (Å²) in [5, 5.41) is 3.63. The molecule has 19 heavy (non-hydrogen) atoms. The molecule has 1 heterocycles. The lowest BCUT2D eigenvalue weighted by Crippen LogP contribution is -2.62. The summed E-state index contributed by atoms with van der Waals surface area (Å²) in [7, 11) is 6.73. The van der Waals surface area contributed by atoms with E-state index in [-0.39, 0.29) is 0 Å². The summed E-state index contributed by atoms with van der Waals surface area (Å²) >= 11 is 0. The third-order valence-corrected chi connectivity index (χ3v) is 5.14. The van der Waals surface area contributed by atoms with Crippen molar-refractivity contribution in [1.82, 2.24) is 15.1 Å². The lowest BCUT2D eigenvalue weighted by molar-refractivity contribution is -0.0325. The first-order valence-electron chi connectivity index (χ1n) is 7.78. The van der Waals surface area contributed by atoms with Gasteiger partial charge in [-0.15, -0.1) is 0 Å². The monoisotopic (exact) mass is 269 g/mol. The Morgan fingerprint density at radius 1 is 1.26 bits per heavy atom. The van der Waals surface area contributed by atoms with E-state index >= 15 is 0 Å². The largest absolute Gasteiger partial charge is 0.380 e. The van der Waals surface area contributed by atoms with Gasteiger partial charge in [-0.3, -0.25) is 4.90 Å². The van der Waals surface area contributed by atoms with Gasteiger partial charge in [-0.25, -0.2) is 0 Å². The molecule has 1 saturated carbocycles. The fourth-order valence-corrected chi connectivity index (χ4v) is 3.57. The molecule has 2 unspecified atom stereocenters. The number of hydrogen-bond acceptors (Lipinski definition) is 4. The lowest BCUT2D eigenvalue weighted by Gasteiger charge is -2.51. The van der Waals surface area contributed by atoms with Crippen LogP contribution in [0.1, 0.15) is 32.6 Å². The van der Waals surface area contributed by atoms with Gasteiger partial charge >= 0.3 is 0 Å². The van der Waals surface area contributed by atoms with Gasteiger partial charge in [0, 0.05) is 30.8 Å². The Bertz CT molecular complexity index is 277. The van der Waals surface area contributed by atoms with Crippen molar-refractivity contribution < 1.29 is 4.74 Å². The Kier molecular flexibility index (Phi) is 5.23. The molecule has 2 aliphatic rings. The minimum atomic E-state index is 0.406. The van der Waals surface area contributed by atoms with E-state index in [9.17, 15) is 0 Å². The van der Waals surface area contributed by atoms with Gasteiger partial charge in [0.2, 0.25) is 0 Å². The summed E-state index contributed by atoms with van der Waals surface area (Å²) in [6.45, 7) is 6.18. The fraction of sp³-hybridized carbons (Fsp3) is 1.00. The molecule has 2 rings (SSSR count). The predicted octanol–water partition coefficient (Wildman–Crippen LogP) is 1.17. The second kappa shape index (κ2) is 6.53. The molecule has 1 aliphatic carbocycles. The molecule has 0 radical (unpaired) electrons. The maximum Gasteiger partial charge on any atom is 0.0636 e. The first kappa shape index (κ1) is 15.2. The SMILES string of the molecule is CCNC1CCOCC1N(C)CC1(N(C)C)CCC1. The Labute approximate surface area is 118 Å². The van der Waals surface area contributed by atoms with Crippen LogP contribution in [0.2, 0.25) is 0 Å². The predicted molar refractivity (Wildman–Crippen MR) is 79.6 cm³/mol. The van der Waals surface area contributed by atoms with Crippen LogP contribution in [0, 0.1) is 0 Å². The van der Waals surface area contributed by atoms with Crippen LogP contribution in [0.4, 0.5) is 0 Å². The second-order valence-electron chi connectivity index (χ2n) is 6.48. The van der Waals surface area contributed by atoms with Crippen LogP contribution in [-0.4, -0.2) is 74.9 Å². The quantitative estimate of drug-likeness (QED) is 0.783. The van der Waals surface area contributed by atoms with Crippen LogP contribution in [0.15, 0.2) is 0 Å². The highest BCUT2D eigenvalue weighted by atomic mass is 16.5. The van der Waals surface area contributed by atoms with Gasteiger partial charge in [0.05, 0.1) is 6.61 Å². The molecular formula is C15H31N3O. The number of nitrogens with one attached hydrogen (secondary N) is 1. The van der Waals surface area contributed by atoms with E-state index in [2.05, 4.69) is 43.2 Å². The summed E-state index contributed by atoms with van der Waals surface area (Å²) in [5.74, 6) is 0. The Hall–Kier alpha value is -0.160. The molecule has 0 aromatic heterocycles. The van der Waals surface area contributed by atoms with E-state index in [0.717, 1.165) is 32.7 Å². The van der Waals surface area contributed by atoms with Crippen LogP contribution in [0.25, 0.3) is 0 Å². The van der Waals surface area contributed by atoms with Crippen LogP contribution >= 0.6 is 0 Å². The van der Waals surface area contributed by atoms with Crippen molar-refractivity contribution in [3.63, 3.8) is 0 Å². The number of likely N-dealkylation sites (N-methyl/N-ethyl adjacent to an activating group) is 3. The maximum atomic E-state index is 5.71. The Morgan fingerprint density at radius 2 is 2.00 bits per heavy atom.